The van der Waals surface area contributed by atoms with Crippen molar-refractivity contribution >= 4 is 81.0 Å². The van der Waals surface area contributed by atoms with Crippen molar-refractivity contribution in [1.82, 2.24) is 0 Å². The second kappa shape index (κ2) is 7.62. The molecule has 1 fully saturated rings. The van der Waals surface area contributed by atoms with Gasteiger partial charge in [0, 0.05) is 11.8 Å². The van der Waals surface area contributed by atoms with Gasteiger partial charge in [-0.05, 0) is 24.3 Å². The van der Waals surface area contributed by atoms with E-state index in [9.17, 15) is 9.59 Å². The Bertz CT molecular complexity index is 737. The minimum atomic E-state index is -1.10. The average Bonchev–Trinajstić information content (AvgIpc) is 2.97. The van der Waals surface area contributed by atoms with Gasteiger partial charge in [-0.1, -0.05) is 23.2 Å². The third kappa shape index (κ3) is 4.43. The molecule has 0 unspecified atom stereocenters. The quantitative estimate of drug-likeness (QED) is 0.419. The minimum Gasteiger partial charge on any atom is -0.461 e. The number of rotatable bonds is 6. The lowest BCUT2D eigenvalue weighted by atomic mass is 10.3. The van der Waals surface area contributed by atoms with Gasteiger partial charge in [0.2, 0.25) is 0 Å². The topological polar surface area (TPSA) is 52.6 Å². The van der Waals surface area contributed by atoms with E-state index in [0.717, 1.165) is 22.7 Å². The van der Waals surface area contributed by atoms with Gasteiger partial charge in [-0.2, -0.15) is 0 Å². The Kier molecular flexibility index (Phi) is 5.88. The lowest BCUT2D eigenvalue weighted by molar-refractivity contribution is 0.0425. The summed E-state index contributed by atoms with van der Waals surface area (Å²) in [4.78, 5) is 24.6. The fourth-order valence-electron chi connectivity index (χ4n) is 2.24. The number of ether oxygens (including phenoxy) is 2. The van der Waals surface area contributed by atoms with Crippen molar-refractivity contribution in [1.29, 1.82) is 0 Å². The molecule has 1 aliphatic rings. The molecule has 3 rings (SSSR count). The SMILES string of the molecule is O=C(OC[C@H]1[C@H](COC(=O)c2ccc(Cl)s2)C1(Cl)Cl)c1ccc(Cl)s1. The molecule has 2 aromatic rings. The number of esters is 2. The zero-order valence-electron chi connectivity index (χ0n) is 12.3. The Morgan fingerprint density at radius 3 is 1.60 bits per heavy atom. The van der Waals surface area contributed by atoms with Crippen LogP contribution >= 0.6 is 69.1 Å². The third-order valence-corrected chi connectivity index (χ3v) is 7.25. The van der Waals surface area contributed by atoms with E-state index in [1.165, 1.54) is 0 Å². The molecule has 1 saturated carbocycles. The average molecular weight is 460 g/mol. The molecular weight excluding hydrogens is 450 g/mol. The van der Waals surface area contributed by atoms with Crippen molar-refractivity contribution in [2.75, 3.05) is 13.2 Å². The molecule has 10 heteroatoms. The molecule has 134 valence electrons. The first-order valence-electron chi connectivity index (χ1n) is 7.01. The summed E-state index contributed by atoms with van der Waals surface area (Å²) in [5.74, 6) is -1.60. The van der Waals surface area contributed by atoms with Crippen LogP contribution in [0.15, 0.2) is 24.3 Å². The van der Waals surface area contributed by atoms with E-state index < -0.39 is 16.3 Å². The van der Waals surface area contributed by atoms with Crippen molar-refractivity contribution in [3.63, 3.8) is 0 Å². The number of thiophene rings is 2. The summed E-state index contributed by atoms with van der Waals surface area (Å²) < 4.78 is 10.3. The fraction of sp³-hybridized carbons (Fsp3) is 0.333. The predicted octanol–water partition coefficient (Wildman–Crippen LogP) is 5.55. The number of carbonyl (C=O) groups is 2. The molecule has 0 radical (unpaired) electrons. The number of halogens is 4. The number of carbonyl (C=O) groups excluding carboxylic acids is 2. The van der Waals surface area contributed by atoms with Gasteiger partial charge in [0.15, 0.2) is 0 Å². The lowest BCUT2D eigenvalue weighted by Gasteiger charge is -2.03. The summed E-state index contributed by atoms with van der Waals surface area (Å²) in [7, 11) is 0. The largest absolute Gasteiger partial charge is 0.461 e. The molecule has 4 nitrogen and oxygen atoms in total. The van der Waals surface area contributed by atoms with Crippen LogP contribution in [0.4, 0.5) is 0 Å². The molecule has 0 saturated heterocycles. The highest BCUT2D eigenvalue weighted by Gasteiger charge is 2.64. The van der Waals surface area contributed by atoms with Crippen LogP contribution in [-0.4, -0.2) is 29.5 Å². The zero-order chi connectivity index (χ0) is 18.2. The van der Waals surface area contributed by atoms with E-state index >= 15 is 0 Å². The Morgan fingerprint density at radius 1 is 0.880 bits per heavy atom. The molecule has 0 aliphatic heterocycles. The maximum Gasteiger partial charge on any atom is 0.348 e. The number of hydrogen-bond donors (Lipinski definition) is 0. The van der Waals surface area contributed by atoms with Crippen LogP contribution in [0.25, 0.3) is 0 Å². The second-order valence-corrected chi connectivity index (χ2v) is 10.2. The highest BCUT2D eigenvalue weighted by molar-refractivity contribution is 7.18. The first kappa shape index (κ1) is 19.3. The van der Waals surface area contributed by atoms with E-state index in [4.69, 9.17) is 55.9 Å². The highest BCUT2D eigenvalue weighted by Crippen LogP contribution is 2.59. The maximum atomic E-state index is 11.9. The molecule has 25 heavy (non-hydrogen) atoms. The predicted molar refractivity (Wildman–Crippen MR) is 101 cm³/mol. The van der Waals surface area contributed by atoms with Crippen LogP contribution < -0.4 is 0 Å². The molecule has 0 aromatic carbocycles. The first-order valence-corrected chi connectivity index (χ1v) is 10.2. The van der Waals surface area contributed by atoms with Gasteiger partial charge in [-0.3, -0.25) is 0 Å². The third-order valence-electron chi connectivity index (χ3n) is 3.70. The summed E-state index contributed by atoms with van der Waals surface area (Å²) in [6.45, 7) is 0.0722. The smallest absolute Gasteiger partial charge is 0.348 e. The van der Waals surface area contributed by atoms with Crippen LogP contribution in [-0.2, 0) is 9.47 Å². The van der Waals surface area contributed by atoms with Crippen molar-refractivity contribution < 1.29 is 19.1 Å². The molecular formula is C15H10Cl4O4S2. The van der Waals surface area contributed by atoms with Gasteiger partial charge in [0.25, 0.3) is 0 Å². The molecule has 1 aliphatic carbocycles. The Labute approximate surface area is 171 Å². The van der Waals surface area contributed by atoms with Crippen molar-refractivity contribution in [2.45, 2.75) is 4.33 Å². The van der Waals surface area contributed by atoms with Crippen molar-refractivity contribution in [3.05, 3.63) is 42.7 Å². The van der Waals surface area contributed by atoms with Crippen molar-refractivity contribution in [2.24, 2.45) is 11.8 Å². The van der Waals surface area contributed by atoms with Gasteiger partial charge in [-0.25, -0.2) is 9.59 Å². The van der Waals surface area contributed by atoms with E-state index in [1.807, 2.05) is 0 Å². The fourth-order valence-corrected chi connectivity index (χ4v) is 4.84. The van der Waals surface area contributed by atoms with Crippen molar-refractivity contribution in [3.8, 4) is 0 Å². The molecule has 0 amide bonds. The Balaban J connectivity index is 1.48. The molecule has 0 spiro atoms. The van der Waals surface area contributed by atoms with Gasteiger partial charge in [0.05, 0.1) is 21.9 Å². The van der Waals surface area contributed by atoms with E-state index in [2.05, 4.69) is 0 Å². The summed E-state index contributed by atoms with van der Waals surface area (Å²) >= 11 is 26.2. The van der Waals surface area contributed by atoms with Crippen LogP contribution in [0, 0.1) is 11.8 Å². The molecule has 2 aromatic heterocycles. The van der Waals surface area contributed by atoms with E-state index in [1.54, 1.807) is 24.3 Å². The number of alkyl halides is 2. The lowest BCUT2D eigenvalue weighted by Crippen LogP contribution is -2.10. The van der Waals surface area contributed by atoms with Gasteiger partial charge in [-0.15, -0.1) is 45.9 Å². The monoisotopic (exact) mass is 458 g/mol. The molecule has 2 heterocycles. The second-order valence-electron chi connectivity index (χ2n) is 5.29. The first-order chi connectivity index (χ1) is 11.8. The molecule has 0 bridgehead atoms. The highest BCUT2D eigenvalue weighted by atomic mass is 35.5. The minimum absolute atomic E-state index is 0.0361. The van der Waals surface area contributed by atoms with Gasteiger partial charge >= 0.3 is 11.9 Å². The van der Waals surface area contributed by atoms with E-state index in [-0.39, 0.29) is 25.0 Å². The van der Waals surface area contributed by atoms with Crippen LogP contribution in [0.2, 0.25) is 8.67 Å². The van der Waals surface area contributed by atoms with Gasteiger partial charge in [0.1, 0.15) is 14.1 Å². The summed E-state index contributed by atoms with van der Waals surface area (Å²) in [6, 6.07) is 6.41. The maximum absolute atomic E-state index is 11.9. The number of hydrogen-bond acceptors (Lipinski definition) is 6. The van der Waals surface area contributed by atoms with Crippen LogP contribution in [0.3, 0.4) is 0 Å². The normalized spacial score (nSPS) is 21.0. The summed E-state index contributed by atoms with van der Waals surface area (Å²) in [5.41, 5.74) is 0. The van der Waals surface area contributed by atoms with Crippen LogP contribution in [0.1, 0.15) is 19.3 Å². The molecule has 0 N–H and O–H groups in total. The summed E-state index contributed by atoms with van der Waals surface area (Å²) in [5, 5.41) is 0. The summed E-state index contributed by atoms with van der Waals surface area (Å²) in [6.07, 6.45) is 0. The van der Waals surface area contributed by atoms with Gasteiger partial charge < -0.3 is 9.47 Å². The standard InChI is InChI=1S/C15H10Cl4O4S2/c16-11-3-1-9(24-11)13(20)22-5-7-8(15(7,18)19)6-23-14(21)10-2-4-12(17)25-10/h1-4,7-8H,5-6H2/t7-,8-/m0/s1. The zero-order valence-corrected chi connectivity index (χ0v) is 17.0. The van der Waals surface area contributed by atoms with E-state index in [0.29, 0.717) is 18.4 Å². The Morgan fingerprint density at radius 2 is 1.28 bits per heavy atom. The molecule has 2 atom stereocenters. The Hall–Kier alpha value is -0.500. The van der Waals surface area contributed by atoms with Crippen LogP contribution in [0.5, 0.6) is 0 Å².